The number of nitrogens with one attached hydrogen (secondary N) is 1. The van der Waals surface area contributed by atoms with Crippen LogP contribution >= 0.6 is 15.9 Å². The molecule has 0 aromatic heterocycles. The molecule has 1 fully saturated rings. The zero-order valence-corrected chi connectivity index (χ0v) is 12.3. The Bertz CT molecular complexity index is 441. The highest BCUT2D eigenvalue weighted by Crippen LogP contribution is 2.39. The van der Waals surface area contributed by atoms with E-state index in [1.54, 1.807) is 6.07 Å². The smallest absolute Gasteiger partial charge is 0.382 e. The molecule has 1 atom stereocenters. The van der Waals surface area contributed by atoms with Crippen LogP contribution in [0, 0.1) is 5.92 Å². The van der Waals surface area contributed by atoms with Crippen LogP contribution in [0.1, 0.15) is 38.2 Å². The molecular formula is C14H17BrF3N. The van der Waals surface area contributed by atoms with Crippen molar-refractivity contribution < 1.29 is 13.2 Å². The lowest BCUT2D eigenvalue weighted by Gasteiger charge is -2.21. The number of hydrogen-bond donors (Lipinski definition) is 1. The Hall–Kier alpha value is -0.710. The molecule has 19 heavy (non-hydrogen) atoms. The normalized spacial score (nSPS) is 17.3. The molecule has 1 aliphatic carbocycles. The SMILES string of the molecule is CCC(CC1CC1)Nc1ccc(Br)cc1C(F)(F)F. The molecule has 0 radical (unpaired) electrons. The molecule has 0 amide bonds. The summed E-state index contributed by atoms with van der Waals surface area (Å²) < 4.78 is 39.4. The summed E-state index contributed by atoms with van der Waals surface area (Å²) in [5.74, 6) is 0.697. The minimum absolute atomic E-state index is 0.120. The summed E-state index contributed by atoms with van der Waals surface area (Å²) >= 11 is 3.09. The van der Waals surface area contributed by atoms with Crippen LogP contribution in [0.4, 0.5) is 18.9 Å². The second-order valence-electron chi connectivity index (χ2n) is 5.12. The lowest BCUT2D eigenvalue weighted by atomic mass is 10.1. The molecule has 5 heteroatoms. The highest BCUT2D eigenvalue weighted by molar-refractivity contribution is 9.10. The van der Waals surface area contributed by atoms with E-state index in [0.29, 0.717) is 10.4 Å². The summed E-state index contributed by atoms with van der Waals surface area (Å²) in [7, 11) is 0. The van der Waals surface area contributed by atoms with Gasteiger partial charge in [0, 0.05) is 16.2 Å². The molecule has 1 aromatic carbocycles. The first-order valence-electron chi connectivity index (χ1n) is 6.53. The van der Waals surface area contributed by atoms with Crippen molar-refractivity contribution in [2.24, 2.45) is 5.92 Å². The van der Waals surface area contributed by atoms with E-state index in [2.05, 4.69) is 21.2 Å². The summed E-state index contributed by atoms with van der Waals surface area (Å²) in [6.45, 7) is 2.01. The number of alkyl halides is 3. The average molecular weight is 336 g/mol. The van der Waals surface area contributed by atoms with Crippen LogP contribution in [0.15, 0.2) is 22.7 Å². The molecule has 2 rings (SSSR count). The minimum atomic E-state index is -4.33. The van der Waals surface area contributed by atoms with Crippen LogP contribution in [0.5, 0.6) is 0 Å². The molecule has 106 valence electrons. The van der Waals surface area contributed by atoms with Crippen LogP contribution in [-0.2, 0) is 6.18 Å². The van der Waals surface area contributed by atoms with Gasteiger partial charge in [0.25, 0.3) is 0 Å². The second-order valence-corrected chi connectivity index (χ2v) is 6.03. The van der Waals surface area contributed by atoms with Crippen LogP contribution < -0.4 is 5.32 Å². The van der Waals surface area contributed by atoms with Gasteiger partial charge in [-0.15, -0.1) is 0 Å². The standard InChI is InChI=1S/C14H17BrF3N/c1-2-11(7-9-3-4-9)19-13-6-5-10(15)8-12(13)14(16,17)18/h5-6,8-9,11,19H,2-4,7H2,1H3. The van der Waals surface area contributed by atoms with E-state index in [-0.39, 0.29) is 11.7 Å². The largest absolute Gasteiger partial charge is 0.418 e. The van der Waals surface area contributed by atoms with Gasteiger partial charge in [-0.3, -0.25) is 0 Å². The molecule has 1 saturated carbocycles. The fourth-order valence-corrected chi connectivity index (χ4v) is 2.54. The molecule has 1 nitrogen and oxygen atoms in total. The van der Waals surface area contributed by atoms with E-state index in [1.165, 1.54) is 18.9 Å². The third kappa shape index (κ3) is 4.13. The Labute approximate surface area is 119 Å². The van der Waals surface area contributed by atoms with Crippen molar-refractivity contribution >= 4 is 21.6 Å². The summed E-state index contributed by atoms with van der Waals surface area (Å²) in [6, 6.07) is 4.39. The van der Waals surface area contributed by atoms with Gasteiger partial charge in [0.05, 0.1) is 5.56 Å². The van der Waals surface area contributed by atoms with Gasteiger partial charge in [-0.2, -0.15) is 13.2 Å². The molecule has 1 aromatic rings. The fourth-order valence-electron chi connectivity index (χ4n) is 2.18. The topological polar surface area (TPSA) is 12.0 Å². The molecular weight excluding hydrogens is 319 g/mol. The van der Waals surface area contributed by atoms with Crippen LogP contribution in [0.25, 0.3) is 0 Å². The van der Waals surface area contributed by atoms with Gasteiger partial charge in [-0.1, -0.05) is 35.7 Å². The molecule has 0 saturated heterocycles. The summed E-state index contributed by atoms with van der Waals surface area (Å²) in [6.07, 6.45) is -0.104. The first-order chi connectivity index (χ1) is 8.90. The summed E-state index contributed by atoms with van der Waals surface area (Å²) in [5.41, 5.74) is -0.417. The van der Waals surface area contributed by atoms with Crippen molar-refractivity contribution in [1.29, 1.82) is 0 Å². The Kier molecular flexibility index (Phi) is 4.43. The van der Waals surface area contributed by atoms with E-state index in [0.717, 1.165) is 18.9 Å². The zero-order chi connectivity index (χ0) is 14.0. The monoisotopic (exact) mass is 335 g/mol. The third-order valence-corrected chi connectivity index (χ3v) is 3.95. The van der Waals surface area contributed by atoms with Gasteiger partial charge >= 0.3 is 6.18 Å². The number of benzene rings is 1. The Balaban J connectivity index is 2.17. The predicted molar refractivity (Wildman–Crippen MR) is 74.2 cm³/mol. The molecule has 1 aliphatic rings. The van der Waals surface area contributed by atoms with E-state index >= 15 is 0 Å². The number of hydrogen-bond acceptors (Lipinski definition) is 1. The summed E-state index contributed by atoms with van der Waals surface area (Å²) in [5, 5.41) is 3.06. The quantitative estimate of drug-likeness (QED) is 0.753. The number of halogens is 4. The maximum atomic E-state index is 13.0. The molecule has 1 N–H and O–H groups in total. The van der Waals surface area contributed by atoms with Crippen molar-refractivity contribution in [3.63, 3.8) is 0 Å². The Morgan fingerprint density at radius 3 is 2.58 bits per heavy atom. The van der Waals surface area contributed by atoms with Crippen LogP contribution in [-0.4, -0.2) is 6.04 Å². The molecule has 0 aliphatic heterocycles. The molecule has 1 unspecified atom stereocenters. The number of anilines is 1. The lowest BCUT2D eigenvalue weighted by Crippen LogP contribution is -2.21. The highest BCUT2D eigenvalue weighted by Gasteiger charge is 2.34. The highest BCUT2D eigenvalue weighted by atomic mass is 79.9. The van der Waals surface area contributed by atoms with Crippen LogP contribution in [0.2, 0.25) is 0 Å². The Morgan fingerprint density at radius 1 is 1.37 bits per heavy atom. The maximum Gasteiger partial charge on any atom is 0.418 e. The van der Waals surface area contributed by atoms with Crippen LogP contribution in [0.3, 0.4) is 0 Å². The Morgan fingerprint density at radius 2 is 2.05 bits per heavy atom. The maximum absolute atomic E-state index is 13.0. The van der Waals surface area contributed by atoms with Gasteiger partial charge in [-0.05, 0) is 37.0 Å². The zero-order valence-electron chi connectivity index (χ0n) is 10.7. The predicted octanol–water partition coefficient (Wildman–Crippen LogP) is 5.46. The molecule has 0 heterocycles. The first-order valence-corrected chi connectivity index (χ1v) is 7.32. The van der Waals surface area contributed by atoms with E-state index in [9.17, 15) is 13.2 Å². The van der Waals surface area contributed by atoms with Gasteiger partial charge in [-0.25, -0.2) is 0 Å². The van der Waals surface area contributed by atoms with Crippen molar-refractivity contribution in [3.05, 3.63) is 28.2 Å². The summed E-state index contributed by atoms with van der Waals surface area (Å²) in [4.78, 5) is 0. The van der Waals surface area contributed by atoms with Gasteiger partial charge in [0.2, 0.25) is 0 Å². The first kappa shape index (κ1) is 14.7. The second kappa shape index (κ2) is 5.73. The van der Waals surface area contributed by atoms with Gasteiger partial charge in [0.15, 0.2) is 0 Å². The van der Waals surface area contributed by atoms with E-state index < -0.39 is 11.7 Å². The minimum Gasteiger partial charge on any atom is -0.382 e. The van der Waals surface area contributed by atoms with E-state index in [4.69, 9.17) is 0 Å². The van der Waals surface area contributed by atoms with Gasteiger partial charge in [0.1, 0.15) is 0 Å². The average Bonchev–Trinajstić information content (AvgIpc) is 3.13. The molecule has 0 bridgehead atoms. The van der Waals surface area contributed by atoms with Crippen molar-refractivity contribution in [2.45, 2.75) is 44.8 Å². The third-order valence-electron chi connectivity index (χ3n) is 3.45. The van der Waals surface area contributed by atoms with Crippen molar-refractivity contribution in [2.75, 3.05) is 5.32 Å². The van der Waals surface area contributed by atoms with Gasteiger partial charge < -0.3 is 5.32 Å². The van der Waals surface area contributed by atoms with Crippen molar-refractivity contribution in [1.82, 2.24) is 0 Å². The molecule has 0 spiro atoms. The lowest BCUT2D eigenvalue weighted by molar-refractivity contribution is -0.137. The number of rotatable bonds is 5. The fraction of sp³-hybridized carbons (Fsp3) is 0.571. The van der Waals surface area contributed by atoms with Crippen molar-refractivity contribution in [3.8, 4) is 0 Å². The van der Waals surface area contributed by atoms with E-state index in [1.807, 2.05) is 6.92 Å².